The molecule has 2 bridgehead atoms. The van der Waals surface area contributed by atoms with Crippen LogP contribution in [0.3, 0.4) is 0 Å². The summed E-state index contributed by atoms with van der Waals surface area (Å²) in [6.07, 6.45) is 2.97. The maximum absolute atomic E-state index is 13.2. The molecule has 1 N–H and O–H groups in total. The van der Waals surface area contributed by atoms with Crippen LogP contribution >= 0.6 is 0 Å². The first kappa shape index (κ1) is 34.0. The highest BCUT2D eigenvalue weighted by molar-refractivity contribution is 6.21. The predicted molar refractivity (Wildman–Crippen MR) is 197 cm³/mol. The molecule has 4 aliphatic rings. The van der Waals surface area contributed by atoms with E-state index in [1.54, 1.807) is 24.3 Å². The minimum absolute atomic E-state index is 0.00889. The van der Waals surface area contributed by atoms with Gasteiger partial charge in [-0.3, -0.25) is 19.4 Å². The van der Waals surface area contributed by atoms with Gasteiger partial charge in [-0.25, -0.2) is 0 Å². The Kier molecular flexibility index (Phi) is 8.74. The number of ether oxygens (including phenoxy) is 2. The van der Waals surface area contributed by atoms with Gasteiger partial charge in [0, 0.05) is 30.6 Å². The lowest BCUT2D eigenvalue weighted by Gasteiger charge is -2.43. The molecule has 2 saturated heterocycles. The maximum Gasteiger partial charge on any atom is 0.261 e. The van der Waals surface area contributed by atoms with Gasteiger partial charge in [0.2, 0.25) is 0 Å². The van der Waals surface area contributed by atoms with Gasteiger partial charge in [0.1, 0.15) is 0 Å². The van der Waals surface area contributed by atoms with E-state index >= 15 is 0 Å². The zero-order valence-corrected chi connectivity index (χ0v) is 30.0. The molecular formula is C44H48N2O5. The van der Waals surface area contributed by atoms with Gasteiger partial charge in [-0.15, -0.1) is 0 Å². The number of amides is 2. The first-order valence-electron chi connectivity index (χ1n) is 18.4. The highest BCUT2D eigenvalue weighted by atomic mass is 16.7. The number of nitrogens with zero attached hydrogens (tertiary/aromatic N) is 2. The minimum atomic E-state index is -0.551. The molecule has 7 nitrogen and oxygen atoms in total. The number of carbonyl (C=O) groups excluding carboxylic acids is 2. The van der Waals surface area contributed by atoms with Crippen LogP contribution in [0.5, 0.6) is 0 Å². The van der Waals surface area contributed by atoms with Crippen molar-refractivity contribution in [2.45, 2.75) is 84.6 Å². The van der Waals surface area contributed by atoms with Gasteiger partial charge >= 0.3 is 0 Å². The number of fused-ring (bicyclic) bond motifs is 3. The van der Waals surface area contributed by atoms with Crippen molar-refractivity contribution in [3.05, 3.63) is 130 Å². The number of benzene rings is 4. The summed E-state index contributed by atoms with van der Waals surface area (Å²) in [5.41, 5.74) is 7.37. The second-order valence-corrected chi connectivity index (χ2v) is 16.5. The van der Waals surface area contributed by atoms with Gasteiger partial charge in [0.05, 0.1) is 36.5 Å². The molecule has 3 fully saturated rings. The van der Waals surface area contributed by atoms with Crippen LogP contribution in [0, 0.1) is 16.7 Å². The van der Waals surface area contributed by atoms with Crippen molar-refractivity contribution in [3.8, 4) is 11.1 Å². The summed E-state index contributed by atoms with van der Waals surface area (Å²) in [5.74, 6) is -0.394. The van der Waals surface area contributed by atoms with Crippen LogP contribution in [-0.4, -0.2) is 52.0 Å². The SMILES string of the molecule is C[C@H]1[C@@H](CN2CC3(C)CC2CC(C)(C)C3)O[C@@H](c2ccc(-c3ccccc3CN3C(=O)c4ccccc4C3=O)cc2)O[C@H]1c1ccc(CO)cc1. The molecular weight excluding hydrogens is 636 g/mol. The number of hydrogen-bond acceptors (Lipinski definition) is 6. The zero-order valence-electron chi connectivity index (χ0n) is 30.0. The number of aliphatic hydroxyl groups excluding tert-OH is 1. The van der Waals surface area contributed by atoms with Gasteiger partial charge in [-0.1, -0.05) is 113 Å². The Balaban J connectivity index is 1.05. The summed E-state index contributed by atoms with van der Waals surface area (Å²) in [4.78, 5) is 30.4. The quantitative estimate of drug-likeness (QED) is 0.188. The smallest absolute Gasteiger partial charge is 0.261 e. The maximum atomic E-state index is 13.2. The molecule has 8 rings (SSSR count). The molecule has 7 heteroatoms. The normalized spacial score (nSPS) is 28.6. The van der Waals surface area contributed by atoms with E-state index in [1.807, 2.05) is 36.4 Å². The molecule has 6 atom stereocenters. The number of aliphatic hydroxyl groups is 1. The molecule has 51 heavy (non-hydrogen) atoms. The van der Waals surface area contributed by atoms with Crippen molar-refractivity contribution < 1.29 is 24.2 Å². The van der Waals surface area contributed by atoms with E-state index in [1.165, 1.54) is 24.2 Å². The Morgan fingerprint density at radius 2 is 1.39 bits per heavy atom. The molecule has 1 saturated carbocycles. The van der Waals surface area contributed by atoms with Crippen LogP contribution in [0.2, 0.25) is 0 Å². The van der Waals surface area contributed by atoms with Crippen molar-refractivity contribution in [2.75, 3.05) is 13.1 Å². The van der Waals surface area contributed by atoms with Crippen molar-refractivity contribution in [1.82, 2.24) is 9.80 Å². The molecule has 2 amide bonds. The predicted octanol–water partition coefficient (Wildman–Crippen LogP) is 8.33. The fourth-order valence-corrected chi connectivity index (χ4v) is 9.66. The number of carbonyl (C=O) groups is 2. The summed E-state index contributed by atoms with van der Waals surface area (Å²) in [6.45, 7) is 11.7. The average Bonchev–Trinajstić information content (AvgIpc) is 3.51. The summed E-state index contributed by atoms with van der Waals surface area (Å²) in [5, 5.41) is 9.68. The first-order valence-corrected chi connectivity index (χ1v) is 18.4. The van der Waals surface area contributed by atoms with Crippen molar-refractivity contribution in [3.63, 3.8) is 0 Å². The topological polar surface area (TPSA) is 79.3 Å². The van der Waals surface area contributed by atoms with E-state index in [0.717, 1.165) is 46.5 Å². The number of hydrogen-bond donors (Lipinski definition) is 1. The van der Waals surface area contributed by atoms with Gasteiger partial charge in [0.25, 0.3) is 11.8 Å². The third-order valence-electron chi connectivity index (χ3n) is 11.8. The minimum Gasteiger partial charge on any atom is -0.392 e. The second-order valence-electron chi connectivity index (χ2n) is 16.5. The largest absolute Gasteiger partial charge is 0.392 e. The Bertz CT molecular complexity index is 1900. The van der Waals surface area contributed by atoms with Crippen molar-refractivity contribution >= 4 is 11.8 Å². The summed E-state index contributed by atoms with van der Waals surface area (Å²) in [6, 6.07) is 31.9. The molecule has 4 aromatic carbocycles. The molecule has 2 unspecified atom stereocenters. The van der Waals surface area contributed by atoms with Gasteiger partial charge in [-0.05, 0) is 70.0 Å². The van der Waals surface area contributed by atoms with Crippen LogP contribution in [0.1, 0.15) is 102 Å². The third-order valence-corrected chi connectivity index (χ3v) is 11.8. The fourth-order valence-electron chi connectivity index (χ4n) is 9.66. The first-order chi connectivity index (χ1) is 24.5. The number of rotatable bonds is 8. The average molecular weight is 685 g/mol. The molecule has 0 spiro atoms. The Morgan fingerprint density at radius 1 is 0.765 bits per heavy atom. The monoisotopic (exact) mass is 684 g/mol. The van der Waals surface area contributed by atoms with Crippen molar-refractivity contribution in [1.29, 1.82) is 0 Å². The molecule has 264 valence electrons. The molecule has 0 aromatic heterocycles. The molecule has 3 heterocycles. The summed E-state index contributed by atoms with van der Waals surface area (Å²) < 4.78 is 13.7. The number of likely N-dealkylation sites (tertiary alicyclic amines) is 1. The highest BCUT2D eigenvalue weighted by Gasteiger charge is 2.51. The highest BCUT2D eigenvalue weighted by Crippen LogP contribution is 2.53. The molecule has 3 aliphatic heterocycles. The lowest BCUT2D eigenvalue weighted by molar-refractivity contribution is -0.276. The van der Waals surface area contributed by atoms with E-state index in [0.29, 0.717) is 28.0 Å². The van der Waals surface area contributed by atoms with Crippen LogP contribution in [-0.2, 0) is 22.6 Å². The Hall–Kier alpha value is -4.14. The molecule has 4 aromatic rings. The Labute approximate surface area is 301 Å². The lowest BCUT2D eigenvalue weighted by Crippen LogP contribution is -2.46. The van der Waals surface area contributed by atoms with E-state index in [9.17, 15) is 14.7 Å². The van der Waals surface area contributed by atoms with E-state index < -0.39 is 6.29 Å². The van der Waals surface area contributed by atoms with Crippen LogP contribution < -0.4 is 0 Å². The lowest BCUT2D eigenvalue weighted by atomic mass is 9.65. The van der Waals surface area contributed by atoms with E-state index in [2.05, 4.69) is 69.0 Å². The Morgan fingerprint density at radius 3 is 2.06 bits per heavy atom. The molecule has 0 radical (unpaired) electrons. The van der Waals surface area contributed by atoms with Gasteiger partial charge < -0.3 is 14.6 Å². The van der Waals surface area contributed by atoms with Crippen molar-refractivity contribution in [2.24, 2.45) is 16.7 Å². The summed E-state index contributed by atoms with van der Waals surface area (Å²) in [7, 11) is 0. The van der Waals surface area contributed by atoms with Crippen LogP contribution in [0.4, 0.5) is 0 Å². The third kappa shape index (κ3) is 6.46. The van der Waals surface area contributed by atoms with Crippen LogP contribution in [0.15, 0.2) is 97.1 Å². The van der Waals surface area contributed by atoms with E-state index in [-0.39, 0.29) is 43.1 Å². The standard InChI is InChI=1S/C44H48N2O5/c1-28-38(24-45-27-44(4)22-34(45)21-43(2,3)26-44)50-42(51-39(28)31-15-13-29(25-47)14-16-31)32-19-17-30(18-20-32)35-10-6-5-9-33(35)23-46-40(48)36-11-7-8-12-37(36)41(46)49/h5-20,28,34,38-39,42,47H,21-27H2,1-4H3/t28-,34?,38+,39+,42+,44?/m0/s1. The molecule has 1 aliphatic carbocycles. The van der Waals surface area contributed by atoms with Crippen LogP contribution in [0.25, 0.3) is 11.1 Å². The summed E-state index contributed by atoms with van der Waals surface area (Å²) >= 11 is 0. The number of imide groups is 1. The van der Waals surface area contributed by atoms with E-state index in [4.69, 9.17) is 9.47 Å². The van der Waals surface area contributed by atoms with Gasteiger partial charge in [-0.2, -0.15) is 0 Å². The fraction of sp³-hybridized carbons (Fsp3) is 0.409. The van der Waals surface area contributed by atoms with Gasteiger partial charge in [0.15, 0.2) is 6.29 Å². The zero-order chi connectivity index (χ0) is 35.5. The second kappa shape index (κ2) is 13.1.